The first-order chi connectivity index (χ1) is 12.1. The van der Waals surface area contributed by atoms with Crippen molar-refractivity contribution < 1.29 is 9.53 Å². The number of nitrogens with one attached hydrogen (secondary N) is 2. The summed E-state index contributed by atoms with van der Waals surface area (Å²) < 4.78 is 5.30. The normalized spacial score (nSPS) is 49.8. The number of hydrogen-bond donors (Lipinski definition) is 2. The van der Waals surface area contributed by atoms with E-state index in [1.807, 2.05) is 0 Å². The maximum atomic E-state index is 12.9. The van der Waals surface area contributed by atoms with Crippen molar-refractivity contribution in [1.29, 1.82) is 0 Å². The highest BCUT2D eigenvalue weighted by Gasteiger charge is 2.85. The van der Waals surface area contributed by atoms with Crippen molar-refractivity contribution in [3.05, 3.63) is 42.1 Å². The number of ether oxygens (including phenoxy) is 1. The van der Waals surface area contributed by atoms with Gasteiger partial charge in [0, 0.05) is 28.5 Å². The van der Waals surface area contributed by atoms with Crippen LogP contribution in [0.2, 0.25) is 0 Å². The maximum Gasteiger partial charge on any atom is 0.311 e. The Bertz CT molecular complexity index is 835. The number of fused-ring (bicyclic) bond motifs is 1. The van der Waals surface area contributed by atoms with Crippen molar-refractivity contribution in [2.45, 2.75) is 43.2 Å². The summed E-state index contributed by atoms with van der Waals surface area (Å²) in [6.07, 6.45) is 7.77. The lowest BCUT2D eigenvalue weighted by Gasteiger charge is -2.50. The molecule has 0 amide bonds. The average molecular weight is 336 g/mol. The third kappa shape index (κ3) is 1.17. The summed E-state index contributed by atoms with van der Waals surface area (Å²) in [6.45, 7) is 2.37. The minimum atomic E-state index is -0.223. The lowest BCUT2D eigenvalue weighted by molar-refractivity contribution is -0.149. The summed E-state index contributed by atoms with van der Waals surface area (Å²) in [7, 11) is 1.54. The Morgan fingerprint density at radius 1 is 1.32 bits per heavy atom. The van der Waals surface area contributed by atoms with E-state index in [2.05, 4.69) is 54.1 Å². The fourth-order valence-corrected chi connectivity index (χ4v) is 8.13. The van der Waals surface area contributed by atoms with Gasteiger partial charge in [-0.15, -0.1) is 0 Å². The van der Waals surface area contributed by atoms with Gasteiger partial charge >= 0.3 is 5.97 Å². The number of allylic oxidation sites excluding steroid dienone is 1. The van der Waals surface area contributed by atoms with E-state index in [4.69, 9.17) is 4.74 Å². The van der Waals surface area contributed by atoms with Gasteiger partial charge in [0.1, 0.15) is 0 Å². The Kier molecular flexibility index (Phi) is 2.31. The topological polar surface area (TPSA) is 50.4 Å². The van der Waals surface area contributed by atoms with Gasteiger partial charge in [-0.25, -0.2) is 0 Å². The fourth-order valence-electron chi connectivity index (χ4n) is 8.13. The van der Waals surface area contributed by atoms with Crippen LogP contribution in [0.4, 0.5) is 5.69 Å². The molecule has 5 aliphatic rings. The molecule has 2 aliphatic heterocycles. The van der Waals surface area contributed by atoms with Gasteiger partial charge in [0.05, 0.1) is 18.6 Å². The van der Waals surface area contributed by atoms with Crippen molar-refractivity contribution in [1.82, 2.24) is 5.32 Å². The van der Waals surface area contributed by atoms with E-state index < -0.39 is 0 Å². The summed E-state index contributed by atoms with van der Waals surface area (Å²) in [4.78, 5) is 12.9. The number of esters is 1. The summed E-state index contributed by atoms with van der Waals surface area (Å²) in [5.41, 5.74) is 2.56. The molecule has 2 N–H and O–H groups in total. The SMILES string of the molecule is COC(=O)[C@H]1C[C@@]23C=CN[C@@H]4CC[C@@]5(c6ccccc6N[C@]15[C@H]2C)[C@H]43. The molecule has 6 rings (SSSR count). The van der Waals surface area contributed by atoms with Gasteiger partial charge in [-0.05, 0) is 43.0 Å². The molecule has 2 heterocycles. The molecule has 1 aromatic carbocycles. The van der Waals surface area contributed by atoms with Gasteiger partial charge in [0.2, 0.25) is 0 Å². The van der Waals surface area contributed by atoms with Crippen LogP contribution in [0.25, 0.3) is 0 Å². The van der Waals surface area contributed by atoms with E-state index in [1.165, 1.54) is 24.8 Å². The number of hydrogen-bond acceptors (Lipinski definition) is 4. The van der Waals surface area contributed by atoms with Crippen LogP contribution in [0.15, 0.2) is 36.5 Å². The highest BCUT2D eigenvalue weighted by molar-refractivity contribution is 5.82. The Morgan fingerprint density at radius 2 is 2.16 bits per heavy atom. The number of para-hydroxylation sites is 1. The zero-order valence-corrected chi connectivity index (χ0v) is 14.7. The zero-order chi connectivity index (χ0) is 17.0. The third-order valence-corrected chi connectivity index (χ3v) is 8.64. The van der Waals surface area contributed by atoms with E-state index in [-0.39, 0.29) is 28.3 Å². The Balaban J connectivity index is 1.69. The first kappa shape index (κ1) is 14.2. The standard InChI is InChI=1S/C21H24N2O2/c1-12-19-9-10-22-16-7-8-20(17(16)19)13-5-3-4-6-15(13)23-21(12,20)14(11-19)18(24)25-2/h3-6,9-10,12,14,16-17,22-23H,7-8,11H2,1-2H3/t12-,14+,16+,17+,19-,20+,21+/m0/s1. The summed E-state index contributed by atoms with van der Waals surface area (Å²) in [6, 6.07) is 9.27. The lowest BCUT2D eigenvalue weighted by atomic mass is 9.55. The van der Waals surface area contributed by atoms with Crippen molar-refractivity contribution >= 4 is 11.7 Å². The molecule has 0 radical (unpaired) electrons. The number of methoxy groups -OCH3 is 1. The lowest BCUT2D eigenvalue weighted by Crippen LogP contribution is -2.61. The highest BCUT2D eigenvalue weighted by atomic mass is 16.5. The van der Waals surface area contributed by atoms with E-state index in [0.29, 0.717) is 17.9 Å². The van der Waals surface area contributed by atoms with E-state index in [0.717, 1.165) is 12.8 Å². The van der Waals surface area contributed by atoms with Gasteiger partial charge in [0.25, 0.3) is 0 Å². The Morgan fingerprint density at radius 3 is 3.00 bits per heavy atom. The smallest absolute Gasteiger partial charge is 0.311 e. The van der Waals surface area contributed by atoms with Crippen LogP contribution >= 0.6 is 0 Å². The first-order valence-corrected chi connectivity index (χ1v) is 9.51. The van der Waals surface area contributed by atoms with Crippen molar-refractivity contribution in [3.8, 4) is 0 Å². The predicted molar refractivity (Wildman–Crippen MR) is 95.0 cm³/mol. The Hall–Kier alpha value is -1.97. The molecule has 130 valence electrons. The van der Waals surface area contributed by atoms with Crippen LogP contribution in [-0.2, 0) is 14.9 Å². The fraction of sp³-hybridized carbons (Fsp3) is 0.571. The van der Waals surface area contributed by atoms with Gasteiger partial charge in [-0.1, -0.05) is 31.2 Å². The molecule has 4 nitrogen and oxygen atoms in total. The molecule has 1 aromatic rings. The largest absolute Gasteiger partial charge is 0.469 e. The number of anilines is 1. The van der Waals surface area contributed by atoms with E-state index in [1.54, 1.807) is 0 Å². The van der Waals surface area contributed by atoms with Crippen LogP contribution in [0.1, 0.15) is 31.7 Å². The van der Waals surface area contributed by atoms with Crippen LogP contribution in [-0.4, -0.2) is 24.7 Å². The second-order valence-electron chi connectivity index (χ2n) is 8.75. The molecule has 0 aromatic heterocycles. The highest BCUT2D eigenvalue weighted by Crippen LogP contribution is 2.81. The molecule has 3 saturated carbocycles. The number of rotatable bonds is 1. The maximum absolute atomic E-state index is 12.9. The number of carbonyl (C=O) groups excluding carboxylic acids is 1. The molecule has 2 bridgehead atoms. The van der Waals surface area contributed by atoms with Gasteiger partial charge in [0.15, 0.2) is 0 Å². The third-order valence-electron chi connectivity index (χ3n) is 8.64. The van der Waals surface area contributed by atoms with E-state index >= 15 is 0 Å². The molecule has 7 atom stereocenters. The molecular weight excluding hydrogens is 312 g/mol. The van der Waals surface area contributed by atoms with Crippen molar-refractivity contribution in [3.63, 3.8) is 0 Å². The van der Waals surface area contributed by atoms with Crippen LogP contribution in [0.3, 0.4) is 0 Å². The van der Waals surface area contributed by atoms with Gasteiger partial charge in [-0.2, -0.15) is 0 Å². The van der Waals surface area contributed by atoms with Crippen LogP contribution < -0.4 is 10.6 Å². The van der Waals surface area contributed by atoms with E-state index in [9.17, 15) is 4.79 Å². The predicted octanol–water partition coefficient (Wildman–Crippen LogP) is 2.81. The average Bonchev–Trinajstić information content (AvgIpc) is 3.29. The molecule has 3 fully saturated rings. The molecular formula is C21H24N2O2. The van der Waals surface area contributed by atoms with Crippen molar-refractivity contribution in [2.24, 2.45) is 23.2 Å². The second kappa shape index (κ2) is 4.05. The monoisotopic (exact) mass is 336 g/mol. The van der Waals surface area contributed by atoms with Crippen LogP contribution in [0, 0.1) is 23.2 Å². The molecule has 0 unspecified atom stereocenters. The quantitative estimate of drug-likeness (QED) is 0.775. The minimum absolute atomic E-state index is 0.0303. The molecule has 0 saturated heterocycles. The Labute approximate surface area is 148 Å². The second-order valence-corrected chi connectivity index (χ2v) is 8.75. The van der Waals surface area contributed by atoms with Crippen molar-refractivity contribution in [2.75, 3.05) is 12.4 Å². The first-order valence-electron chi connectivity index (χ1n) is 9.51. The number of benzene rings is 1. The van der Waals surface area contributed by atoms with Gasteiger partial charge in [-0.3, -0.25) is 4.79 Å². The minimum Gasteiger partial charge on any atom is -0.469 e. The van der Waals surface area contributed by atoms with Gasteiger partial charge < -0.3 is 15.4 Å². The summed E-state index contributed by atoms with van der Waals surface area (Å²) >= 11 is 0. The molecule has 4 heteroatoms. The summed E-state index contributed by atoms with van der Waals surface area (Å²) in [5, 5.41) is 7.57. The zero-order valence-electron chi connectivity index (χ0n) is 14.7. The summed E-state index contributed by atoms with van der Waals surface area (Å²) in [5.74, 6) is 0.828. The van der Waals surface area contributed by atoms with Crippen LogP contribution in [0.5, 0.6) is 0 Å². The number of carbonyl (C=O) groups is 1. The molecule has 25 heavy (non-hydrogen) atoms. The molecule has 3 aliphatic carbocycles. The molecule has 3 spiro atoms.